The maximum atomic E-state index is 12.7. The molecule has 2 amide bonds. The van der Waals surface area contributed by atoms with Crippen LogP contribution in [0.5, 0.6) is 5.75 Å². The molecule has 0 spiro atoms. The third-order valence-corrected chi connectivity index (χ3v) is 5.89. The highest BCUT2D eigenvalue weighted by Gasteiger charge is 2.27. The van der Waals surface area contributed by atoms with E-state index in [9.17, 15) is 9.90 Å². The van der Waals surface area contributed by atoms with Gasteiger partial charge in [0, 0.05) is 51.9 Å². The lowest BCUT2D eigenvalue weighted by molar-refractivity contribution is 0.117. The van der Waals surface area contributed by atoms with Gasteiger partial charge < -0.3 is 25.1 Å². The molecule has 0 bridgehead atoms. The lowest BCUT2D eigenvalue weighted by Gasteiger charge is -2.38. The quantitative estimate of drug-likeness (QED) is 0.801. The molecule has 0 unspecified atom stereocenters. The van der Waals surface area contributed by atoms with E-state index in [2.05, 4.69) is 27.1 Å². The summed E-state index contributed by atoms with van der Waals surface area (Å²) >= 11 is 0. The van der Waals surface area contributed by atoms with Gasteiger partial charge in [-0.1, -0.05) is 12.1 Å². The third-order valence-electron chi connectivity index (χ3n) is 5.89. The number of carbonyl (C=O) groups is 1. The number of carbonyl (C=O) groups excluding carboxylic acids is 1. The molecule has 0 aliphatic carbocycles. The Morgan fingerprint density at radius 1 is 1.11 bits per heavy atom. The molecule has 2 N–H and O–H groups in total. The largest absolute Gasteiger partial charge is 0.508 e. The summed E-state index contributed by atoms with van der Waals surface area (Å²) in [5, 5.41) is 12.4. The fourth-order valence-electron chi connectivity index (χ4n) is 4.05. The lowest BCUT2D eigenvalue weighted by Crippen LogP contribution is -2.51. The summed E-state index contributed by atoms with van der Waals surface area (Å²) in [6.45, 7) is 7.17. The second-order valence-corrected chi connectivity index (χ2v) is 7.92. The van der Waals surface area contributed by atoms with Crippen LogP contribution in [0.4, 0.5) is 4.79 Å². The van der Waals surface area contributed by atoms with Crippen LogP contribution in [0.1, 0.15) is 31.2 Å². The topological polar surface area (TPSA) is 59.0 Å². The van der Waals surface area contributed by atoms with E-state index < -0.39 is 0 Å². The number of likely N-dealkylation sites (N-methyl/N-ethyl adjacent to an activating group) is 1. The number of rotatable bonds is 6. The molecule has 2 saturated heterocycles. The summed E-state index contributed by atoms with van der Waals surface area (Å²) < 4.78 is 0. The van der Waals surface area contributed by atoms with Gasteiger partial charge >= 0.3 is 6.03 Å². The summed E-state index contributed by atoms with van der Waals surface area (Å²) in [6, 6.07) is 7.64. The monoisotopic (exact) mass is 374 g/mol. The van der Waals surface area contributed by atoms with Crippen molar-refractivity contribution in [1.82, 2.24) is 20.0 Å². The van der Waals surface area contributed by atoms with Gasteiger partial charge in [-0.25, -0.2) is 4.79 Å². The number of phenolic OH excluding ortho intramolecular Hbond substituents is 1. The number of benzene rings is 1. The van der Waals surface area contributed by atoms with Crippen LogP contribution in [-0.4, -0.2) is 84.7 Å². The van der Waals surface area contributed by atoms with Crippen molar-refractivity contribution in [2.24, 2.45) is 0 Å². The van der Waals surface area contributed by atoms with Crippen LogP contribution >= 0.6 is 0 Å². The van der Waals surface area contributed by atoms with E-state index in [1.807, 2.05) is 12.1 Å². The van der Waals surface area contributed by atoms with Crippen molar-refractivity contribution in [3.63, 3.8) is 0 Å². The fourth-order valence-corrected chi connectivity index (χ4v) is 4.05. The molecule has 0 saturated carbocycles. The zero-order valence-corrected chi connectivity index (χ0v) is 16.6. The third kappa shape index (κ3) is 6.11. The van der Waals surface area contributed by atoms with Gasteiger partial charge in [0.1, 0.15) is 5.75 Å². The number of piperazine rings is 1. The van der Waals surface area contributed by atoms with E-state index in [0.717, 1.165) is 70.5 Å². The van der Waals surface area contributed by atoms with Crippen molar-refractivity contribution < 1.29 is 9.90 Å². The van der Waals surface area contributed by atoms with Crippen molar-refractivity contribution in [3.8, 4) is 5.75 Å². The van der Waals surface area contributed by atoms with Gasteiger partial charge in [-0.05, 0) is 56.8 Å². The van der Waals surface area contributed by atoms with Crippen molar-refractivity contribution in [2.45, 2.75) is 38.1 Å². The second-order valence-electron chi connectivity index (χ2n) is 7.92. The zero-order chi connectivity index (χ0) is 19.1. The normalized spacial score (nSPS) is 22.0. The summed E-state index contributed by atoms with van der Waals surface area (Å²) in [4.78, 5) is 19.7. The van der Waals surface area contributed by atoms with Gasteiger partial charge in [-0.3, -0.25) is 0 Å². The number of nitrogens with one attached hydrogen (secondary N) is 1. The van der Waals surface area contributed by atoms with Crippen LogP contribution in [0.3, 0.4) is 0 Å². The molecule has 6 heteroatoms. The average Bonchev–Trinajstić information content (AvgIpc) is 2.69. The van der Waals surface area contributed by atoms with Gasteiger partial charge in [-0.2, -0.15) is 0 Å². The second kappa shape index (κ2) is 9.95. The van der Waals surface area contributed by atoms with E-state index in [-0.39, 0.29) is 11.8 Å². The minimum atomic E-state index is 0.0804. The number of urea groups is 1. The SMILES string of the molecule is CN1CCN(CC[C@@H]2CCCCN2C(=O)NCCc2ccc(O)cc2)CC1. The molecule has 150 valence electrons. The Morgan fingerprint density at radius 3 is 2.59 bits per heavy atom. The van der Waals surface area contributed by atoms with Crippen LogP contribution in [0.25, 0.3) is 0 Å². The number of hydrogen-bond donors (Lipinski definition) is 2. The van der Waals surface area contributed by atoms with Crippen LogP contribution < -0.4 is 5.32 Å². The number of phenols is 1. The number of amides is 2. The molecule has 2 fully saturated rings. The molecule has 2 heterocycles. The molecular weight excluding hydrogens is 340 g/mol. The average molecular weight is 375 g/mol. The number of nitrogens with zero attached hydrogens (tertiary/aromatic N) is 3. The van der Waals surface area contributed by atoms with Crippen molar-refractivity contribution in [1.29, 1.82) is 0 Å². The maximum absolute atomic E-state index is 12.7. The first kappa shape index (κ1) is 20.0. The molecule has 1 aromatic carbocycles. The van der Waals surface area contributed by atoms with Crippen molar-refractivity contribution >= 4 is 6.03 Å². The smallest absolute Gasteiger partial charge is 0.317 e. The molecule has 27 heavy (non-hydrogen) atoms. The highest BCUT2D eigenvalue weighted by Crippen LogP contribution is 2.20. The molecule has 2 aliphatic heterocycles. The Balaban J connectivity index is 1.42. The Labute approximate surface area is 163 Å². The summed E-state index contributed by atoms with van der Waals surface area (Å²) in [5.41, 5.74) is 1.12. The predicted octanol–water partition coefficient (Wildman–Crippen LogP) is 2.14. The van der Waals surface area contributed by atoms with Gasteiger partial charge in [0.25, 0.3) is 0 Å². The minimum Gasteiger partial charge on any atom is -0.508 e. The predicted molar refractivity (Wildman–Crippen MR) is 108 cm³/mol. The highest BCUT2D eigenvalue weighted by atomic mass is 16.3. The molecule has 2 aliphatic rings. The highest BCUT2D eigenvalue weighted by molar-refractivity contribution is 5.74. The lowest BCUT2D eigenvalue weighted by atomic mass is 9.99. The number of aromatic hydroxyl groups is 1. The van der Waals surface area contributed by atoms with Gasteiger partial charge in [0.2, 0.25) is 0 Å². The van der Waals surface area contributed by atoms with Crippen LogP contribution in [0, 0.1) is 0 Å². The molecule has 0 aromatic heterocycles. The van der Waals surface area contributed by atoms with Gasteiger partial charge in [0.05, 0.1) is 0 Å². The van der Waals surface area contributed by atoms with E-state index in [1.54, 1.807) is 12.1 Å². The van der Waals surface area contributed by atoms with Crippen LogP contribution in [0.2, 0.25) is 0 Å². The van der Waals surface area contributed by atoms with Gasteiger partial charge in [-0.15, -0.1) is 0 Å². The standard InChI is InChI=1S/C21H34N4O2/c1-23-14-16-24(17-15-23)13-10-19-4-2-3-12-25(19)21(27)22-11-9-18-5-7-20(26)8-6-18/h5-8,19,26H,2-4,9-17H2,1H3,(H,22,27)/t19-/m0/s1. The van der Waals surface area contributed by atoms with E-state index in [4.69, 9.17) is 0 Å². The molecule has 1 aromatic rings. The minimum absolute atomic E-state index is 0.0804. The molecule has 3 rings (SSSR count). The first-order valence-electron chi connectivity index (χ1n) is 10.3. The summed E-state index contributed by atoms with van der Waals surface area (Å²) in [7, 11) is 2.18. The summed E-state index contributed by atoms with van der Waals surface area (Å²) in [5.74, 6) is 0.277. The maximum Gasteiger partial charge on any atom is 0.317 e. The van der Waals surface area contributed by atoms with E-state index in [1.165, 1.54) is 6.42 Å². The summed E-state index contributed by atoms with van der Waals surface area (Å²) in [6.07, 6.45) is 5.32. The zero-order valence-electron chi connectivity index (χ0n) is 16.6. The van der Waals surface area contributed by atoms with Crippen LogP contribution in [-0.2, 0) is 6.42 Å². The molecule has 1 atom stereocenters. The molecular formula is C21H34N4O2. The van der Waals surface area contributed by atoms with Gasteiger partial charge in [0.15, 0.2) is 0 Å². The Kier molecular flexibility index (Phi) is 7.35. The van der Waals surface area contributed by atoms with E-state index >= 15 is 0 Å². The first-order chi connectivity index (χ1) is 13.1. The molecule has 6 nitrogen and oxygen atoms in total. The number of likely N-dealkylation sites (tertiary alicyclic amines) is 1. The van der Waals surface area contributed by atoms with E-state index in [0.29, 0.717) is 12.6 Å². The van der Waals surface area contributed by atoms with Crippen molar-refractivity contribution in [2.75, 3.05) is 52.9 Å². The van der Waals surface area contributed by atoms with Crippen LogP contribution in [0.15, 0.2) is 24.3 Å². The molecule has 0 radical (unpaired) electrons. The number of piperidine rings is 1. The fraction of sp³-hybridized carbons (Fsp3) is 0.667. The number of hydrogen-bond acceptors (Lipinski definition) is 4. The first-order valence-corrected chi connectivity index (χ1v) is 10.3. The van der Waals surface area contributed by atoms with Crippen molar-refractivity contribution in [3.05, 3.63) is 29.8 Å². The Bertz CT molecular complexity index is 584. The Morgan fingerprint density at radius 2 is 1.85 bits per heavy atom. The Hall–Kier alpha value is -1.79.